The van der Waals surface area contributed by atoms with E-state index in [1.54, 1.807) is 10.7 Å². The van der Waals surface area contributed by atoms with Crippen molar-refractivity contribution in [3.8, 4) is 5.75 Å². The van der Waals surface area contributed by atoms with Crippen molar-refractivity contribution >= 4 is 5.52 Å². The summed E-state index contributed by atoms with van der Waals surface area (Å²) in [5, 5.41) is 4.69. The first-order valence-corrected chi connectivity index (χ1v) is 10.2. The highest BCUT2D eigenvalue weighted by Gasteiger charge is 2.29. The van der Waals surface area contributed by atoms with Crippen molar-refractivity contribution < 1.29 is 9.47 Å². The van der Waals surface area contributed by atoms with Gasteiger partial charge in [0.2, 0.25) is 0 Å². The molecule has 0 atom stereocenters. The molecule has 2 fully saturated rings. The molecule has 0 bridgehead atoms. The van der Waals surface area contributed by atoms with Gasteiger partial charge < -0.3 is 14.5 Å². The summed E-state index contributed by atoms with van der Waals surface area (Å²) in [6.07, 6.45) is 3.61. The van der Waals surface area contributed by atoms with Gasteiger partial charge >= 0.3 is 0 Å². The molecular weight excluding hydrogens is 370 g/mol. The summed E-state index contributed by atoms with van der Waals surface area (Å²) >= 11 is 0. The predicted octanol–water partition coefficient (Wildman–Crippen LogP) is 1.88. The maximum atomic E-state index is 12.5. The Bertz CT molecular complexity index is 1050. The Morgan fingerprint density at radius 2 is 1.97 bits per heavy atom. The Balaban J connectivity index is 1.26. The zero-order valence-corrected chi connectivity index (χ0v) is 16.5. The number of benzene rings is 1. The minimum absolute atomic E-state index is 0.145. The van der Waals surface area contributed by atoms with Crippen LogP contribution in [-0.4, -0.2) is 56.9 Å². The van der Waals surface area contributed by atoms with E-state index >= 15 is 0 Å². The Morgan fingerprint density at radius 1 is 1.21 bits per heavy atom. The number of aryl methyl sites for hydroxylation is 1. The van der Waals surface area contributed by atoms with E-state index in [9.17, 15) is 4.79 Å². The number of rotatable bonds is 5. The molecule has 0 radical (unpaired) electrons. The lowest BCUT2D eigenvalue weighted by atomic mass is 10.00. The van der Waals surface area contributed by atoms with Crippen LogP contribution in [0.3, 0.4) is 0 Å². The molecule has 0 amide bonds. The van der Waals surface area contributed by atoms with Crippen LogP contribution in [0.1, 0.15) is 36.0 Å². The molecule has 0 saturated carbocycles. The third-order valence-electron chi connectivity index (χ3n) is 5.68. The number of nitrogens with zero attached hydrogens (tertiary/aromatic N) is 4. The van der Waals surface area contributed by atoms with Gasteiger partial charge in [0, 0.05) is 32.2 Å². The molecule has 152 valence electrons. The topological polar surface area (TPSA) is 84.8 Å². The van der Waals surface area contributed by atoms with Crippen LogP contribution < -0.4 is 10.3 Å². The molecule has 29 heavy (non-hydrogen) atoms. The second kappa shape index (κ2) is 7.61. The molecule has 1 aromatic carbocycles. The van der Waals surface area contributed by atoms with E-state index in [0.29, 0.717) is 17.9 Å². The van der Waals surface area contributed by atoms with Crippen molar-refractivity contribution in [3.63, 3.8) is 0 Å². The number of ether oxygens (including phenoxy) is 2. The largest absolute Gasteiger partial charge is 0.488 e. The second-order valence-electron chi connectivity index (χ2n) is 7.95. The summed E-state index contributed by atoms with van der Waals surface area (Å²) in [6, 6.07) is 8.11. The van der Waals surface area contributed by atoms with E-state index in [1.165, 1.54) is 5.56 Å². The van der Waals surface area contributed by atoms with Crippen molar-refractivity contribution in [1.29, 1.82) is 0 Å². The molecule has 1 N–H and O–H groups in total. The summed E-state index contributed by atoms with van der Waals surface area (Å²) < 4.78 is 13.2. The quantitative estimate of drug-likeness (QED) is 0.710. The summed E-state index contributed by atoms with van der Waals surface area (Å²) in [4.78, 5) is 22.1. The Labute approximate surface area is 168 Å². The Hall–Kier alpha value is -2.71. The SMILES string of the molecule is Cc1ccc(OC2CN(Cc3nn4c(C5CCOCC5)ncc4c(=O)[nH]3)C2)cc1. The maximum Gasteiger partial charge on any atom is 0.276 e. The minimum Gasteiger partial charge on any atom is -0.488 e. The minimum atomic E-state index is -0.145. The molecule has 0 aliphatic carbocycles. The molecule has 4 heterocycles. The number of aromatic nitrogens is 4. The number of imidazole rings is 1. The molecule has 5 rings (SSSR count). The van der Waals surface area contributed by atoms with Gasteiger partial charge in [0.15, 0.2) is 5.52 Å². The molecule has 2 aliphatic rings. The molecule has 2 aliphatic heterocycles. The number of hydrogen-bond acceptors (Lipinski definition) is 6. The van der Waals surface area contributed by atoms with E-state index in [-0.39, 0.29) is 17.6 Å². The van der Waals surface area contributed by atoms with Gasteiger partial charge in [0.25, 0.3) is 5.56 Å². The van der Waals surface area contributed by atoms with Crippen LogP contribution in [0.4, 0.5) is 0 Å². The normalized spacial score (nSPS) is 18.8. The van der Waals surface area contributed by atoms with Crippen LogP contribution in [0.2, 0.25) is 0 Å². The van der Waals surface area contributed by atoms with Crippen molar-refractivity contribution in [2.75, 3.05) is 26.3 Å². The molecule has 8 nitrogen and oxygen atoms in total. The lowest BCUT2D eigenvalue weighted by Gasteiger charge is -2.38. The van der Waals surface area contributed by atoms with Gasteiger partial charge in [-0.05, 0) is 31.9 Å². The number of aromatic amines is 1. The van der Waals surface area contributed by atoms with Gasteiger partial charge in [-0.2, -0.15) is 5.10 Å². The third kappa shape index (κ3) is 3.77. The molecule has 3 aromatic rings. The van der Waals surface area contributed by atoms with E-state index in [2.05, 4.69) is 39.0 Å². The van der Waals surface area contributed by atoms with Crippen molar-refractivity contribution in [1.82, 2.24) is 24.5 Å². The number of likely N-dealkylation sites (tertiary alicyclic amines) is 1. The fraction of sp³-hybridized carbons (Fsp3) is 0.476. The van der Waals surface area contributed by atoms with Crippen LogP contribution in [0.5, 0.6) is 5.75 Å². The first-order valence-electron chi connectivity index (χ1n) is 10.2. The van der Waals surface area contributed by atoms with E-state index < -0.39 is 0 Å². The van der Waals surface area contributed by atoms with Crippen LogP contribution in [-0.2, 0) is 11.3 Å². The van der Waals surface area contributed by atoms with Crippen LogP contribution in [0, 0.1) is 6.92 Å². The first kappa shape index (κ1) is 18.3. The highest BCUT2D eigenvalue weighted by atomic mass is 16.5. The second-order valence-corrected chi connectivity index (χ2v) is 7.95. The summed E-state index contributed by atoms with van der Waals surface area (Å²) in [5.74, 6) is 2.69. The van der Waals surface area contributed by atoms with Crippen molar-refractivity contribution in [2.24, 2.45) is 0 Å². The van der Waals surface area contributed by atoms with Crippen LogP contribution in [0.25, 0.3) is 5.52 Å². The Kier molecular flexibility index (Phi) is 4.81. The lowest BCUT2D eigenvalue weighted by molar-refractivity contribution is 0.0127. The van der Waals surface area contributed by atoms with Gasteiger partial charge in [0.05, 0.1) is 12.7 Å². The first-order chi connectivity index (χ1) is 14.2. The standard InChI is InChI=1S/C21H25N5O3/c1-14-2-4-16(5-3-14)29-17-11-25(12-17)13-19-23-21(27)18-10-22-20(26(18)24-19)15-6-8-28-9-7-15/h2-5,10,15,17H,6-9,11-13H2,1H3,(H,23,24,27). The number of nitrogens with one attached hydrogen (secondary N) is 1. The maximum absolute atomic E-state index is 12.5. The van der Waals surface area contributed by atoms with E-state index in [1.807, 2.05) is 12.1 Å². The average Bonchev–Trinajstić information content (AvgIpc) is 3.13. The van der Waals surface area contributed by atoms with Gasteiger partial charge in [0.1, 0.15) is 23.5 Å². The molecule has 2 saturated heterocycles. The highest BCUT2D eigenvalue weighted by molar-refractivity contribution is 5.42. The number of fused-ring (bicyclic) bond motifs is 1. The van der Waals surface area contributed by atoms with Gasteiger partial charge in [-0.25, -0.2) is 9.50 Å². The highest BCUT2D eigenvalue weighted by Crippen LogP contribution is 2.25. The Morgan fingerprint density at radius 3 is 2.72 bits per heavy atom. The van der Waals surface area contributed by atoms with E-state index in [0.717, 1.165) is 50.7 Å². The monoisotopic (exact) mass is 395 g/mol. The fourth-order valence-electron chi connectivity index (χ4n) is 4.01. The zero-order chi connectivity index (χ0) is 19.8. The van der Waals surface area contributed by atoms with Crippen LogP contribution in [0.15, 0.2) is 35.3 Å². The number of H-pyrrole nitrogens is 1. The summed E-state index contributed by atoms with van der Waals surface area (Å²) in [5.41, 5.74) is 1.57. The summed E-state index contributed by atoms with van der Waals surface area (Å²) in [6.45, 7) is 5.73. The van der Waals surface area contributed by atoms with Gasteiger partial charge in [-0.15, -0.1) is 0 Å². The molecule has 0 unspecified atom stereocenters. The van der Waals surface area contributed by atoms with Crippen molar-refractivity contribution in [2.45, 2.75) is 38.3 Å². The summed E-state index contributed by atoms with van der Waals surface area (Å²) in [7, 11) is 0. The lowest BCUT2D eigenvalue weighted by Crippen LogP contribution is -2.53. The smallest absolute Gasteiger partial charge is 0.276 e. The van der Waals surface area contributed by atoms with Crippen LogP contribution >= 0.6 is 0 Å². The number of hydrogen-bond donors (Lipinski definition) is 1. The molecule has 8 heteroatoms. The molecule has 2 aromatic heterocycles. The zero-order valence-electron chi connectivity index (χ0n) is 16.5. The third-order valence-corrected chi connectivity index (χ3v) is 5.68. The molecular formula is C21H25N5O3. The fourth-order valence-corrected chi connectivity index (χ4v) is 4.01. The average molecular weight is 395 g/mol. The molecule has 0 spiro atoms. The van der Waals surface area contributed by atoms with Crippen molar-refractivity contribution in [3.05, 3.63) is 58.0 Å². The predicted molar refractivity (Wildman–Crippen MR) is 107 cm³/mol. The van der Waals surface area contributed by atoms with Gasteiger partial charge in [-0.3, -0.25) is 9.69 Å². The van der Waals surface area contributed by atoms with Gasteiger partial charge in [-0.1, -0.05) is 17.7 Å². The van der Waals surface area contributed by atoms with E-state index in [4.69, 9.17) is 9.47 Å².